The lowest BCUT2D eigenvalue weighted by Crippen LogP contribution is -2.47. The second-order valence-corrected chi connectivity index (χ2v) is 8.09. The van der Waals surface area contributed by atoms with E-state index in [1.807, 2.05) is 11.9 Å². The SMILES string of the molecule is CN(C(=O)NCCCN1CCN(Cc2ccccc2)CC1)C1CCCCC1. The van der Waals surface area contributed by atoms with E-state index in [1.54, 1.807) is 0 Å². The largest absolute Gasteiger partial charge is 0.338 e. The summed E-state index contributed by atoms with van der Waals surface area (Å²) in [5.41, 5.74) is 1.40. The van der Waals surface area contributed by atoms with Crippen LogP contribution in [0.1, 0.15) is 44.1 Å². The molecule has 1 N–H and O–H groups in total. The van der Waals surface area contributed by atoms with Crippen molar-refractivity contribution in [3.05, 3.63) is 35.9 Å². The molecule has 0 unspecified atom stereocenters. The number of carbonyl (C=O) groups excluding carboxylic acids is 1. The lowest BCUT2D eigenvalue weighted by Gasteiger charge is -2.35. The van der Waals surface area contributed by atoms with Crippen molar-refractivity contribution >= 4 is 6.03 Å². The minimum absolute atomic E-state index is 0.106. The van der Waals surface area contributed by atoms with Crippen molar-refractivity contribution in [2.75, 3.05) is 46.3 Å². The molecule has 1 aliphatic heterocycles. The highest BCUT2D eigenvalue weighted by Gasteiger charge is 2.22. The third-order valence-corrected chi connectivity index (χ3v) is 6.08. The number of nitrogens with one attached hydrogen (secondary N) is 1. The first kappa shape index (κ1) is 20.2. The maximum atomic E-state index is 12.3. The second-order valence-electron chi connectivity index (χ2n) is 8.09. The standard InChI is InChI=1S/C22H36N4O/c1-24(21-11-6-3-7-12-21)22(27)23-13-8-14-25-15-17-26(18-16-25)19-20-9-4-2-5-10-20/h2,4-5,9-10,21H,3,6-8,11-19H2,1H3,(H,23,27). The number of piperazine rings is 1. The molecular weight excluding hydrogens is 336 g/mol. The van der Waals surface area contributed by atoms with Gasteiger partial charge < -0.3 is 15.1 Å². The molecule has 5 heteroatoms. The van der Waals surface area contributed by atoms with Crippen LogP contribution < -0.4 is 5.32 Å². The van der Waals surface area contributed by atoms with Crippen LogP contribution in [0.4, 0.5) is 4.79 Å². The van der Waals surface area contributed by atoms with Crippen molar-refractivity contribution < 1.29 is 4.79 Å². The summed E-state index contributed by atoms with van der Waals surface area (Å²) in [5, 5.41) is 3.11. The van der Waals surface area contributed by atoms with Crippen molar-refractivity contribution in [3.63, 3.8) is 0 Å². The fraction of sp³-hybridized carbons (Fsp3) is 0.682. The molecule has 1 aromatic rings. The van der Waals surface area contributed by atoms with Gasteiger partial charge in [0.25, 0.3) is 0 Å². The van der Waals surface area contributed by atoms with E-state index in [-0.39, 0.29) is 6.03 Å². The Hall–Kier alpha value is -1.59. The predicted octanol–water partition coefficient (Wildman–Crippen LogP) is 3.17. The maximum Gasteiger partial charge on any atom is 0.317 e. The summed E-state index contributed by atoms with van der Waals surface area (Å²) in [5.74, 6) is 0. The Morgan fingerprint density at radius 1 is 1.04 bits per heavy atom. The number of rotatable bonds is 7. The maximum absolute atomic E-state index is 12.3. The van der Waals surface area contributed by atoms with Crippen molar-refractivity contribution in [3.8, 4) is 0 Å². The molecule has 5 nitrogen and oxygen atoms in total. The van der Waals surface area contributed by atoms with E-state index in [2.05, 4.69) is 45.4 Å². The van der Waals surface area contributed by atoms with Gasteiger partial charge in [0.05, 0.1) is 0 Å². The topological polar surface area (TPSA) is 38.8 Å². The van der Waals surface area contributed by atoms with Crippen LogP contribution in [0.5, 0.6) is 0 Å². The van der Waals surface area contributed by atoms with Gasteiger partial charge in [-0.2, -0.15) is 0 Å². The zero-order valence-electron chi connectivity index (χ0n) is 16.9. The van der Waals surface area contributed by atoms with E-state index < -0.39 is 0 Å². The fourth-order valence-corrected chi connectivity index (χ4v) is 4.27. The Labute approximate surface area is 164 Å². The van der Waals surface area contributed by atoms with E-state index in [1.165, 1.54) is 24.8 Å². The van der Waals surface area contributed by atoms with Gasteiger partial charge in [-0.3, -0.25) is 4.90 Å². The van der Waals surface area contributed by atoms with Gasteiger partial charge in [-0.1, -0.05) is 49.6 Å². The lowest BCUT2D eigenvalue weighted by atomic mass is 9.95. The Morgan fingerprint density at radius 3 is 2.41 bits per heavy atom. The fourth-order valence-electron chi connectivity index (χ4n) is 4.27. The molecule has 1 aliphatic carbocycles. The van der Waals surface area contributed by atoms with Gasteiger partial charge in [0.2, 0.25) is 0 Å². The Kier molecular flexibility index (Phi) is 7.96. The molecule has 0 bridgehead atoms. The van der Waals surface area contributed by atoms with Gasteiger partial charge in [0, 0.05) is 52.4 Å². The normalized spacial score (nSPS) is 19.7. The molecule has 150 valence electrons. The van der Waals surface area contributed by atoms with Gasteiger partial charge in [-0.25, -0.2) is 4.79 Å². The number of carbonyl (C=O) groups is 1. The molecular formula is C22H36N4O. The van der Waals surface area contributed by atoms with Crippen LogP contribution in [0.15, 0.2) is 30.3 Å². The van der Waals surface area contributed by atoms with Crippen LogP contribution in [0.25, 0.3) is 0 Å². The van der Waals surface area contributed by atoms with Gasteiger partial charge in [0.15, 0.2) is 0 Å². The van der Waals surface area contributed by atoms with Crippen molar-refractivity contribution in [1.82, 2.24) is 20.0 Å². The van der Waals surface area contributed by atoms with Gasteiger partial charge in [-0.05, 0) is 31.4 Å². The Bertz CT molecular complexity index is 551. The summed E-state index contributed by atoms with van der Waals surface area (Å²) in [6.45, 7) is 7.42. The highest BCUT2D eigenvalue weighted by atomic mass is 16.2. The van der Waals surface area contributed by atoms with Crippen LogP contribution in [0.2, 0.25) is 0 Å². The highest BCUT2D eigenvalue weighted by Crippen LogP contribution is 2.21. The minimum atomic E-state index is 0.106. The molecule has 0 radical (unpaired) electrons. The van der Waals surface area contributed by atoms with E-state index >= 15 is 0 Å². The Balaban J connectivity index is 1.26. The number of amides is 2. The van der Waals surface area contributed by atoms with Gasteiger partial charge in [0.1, 0.15) is 0 Å². The molecule has 1 saturated carbocycles. The average molecular weight is 373 g/mol. The van der Waals surface area contributed by atoms with Crippen molar-refractivity contribution in [2.45, 2.75) is 51.1 Å². The summed E-state index contributed by atoms with van der Waals surface area (Å²) in [4.78, 5) is 19.3. The van der Waals surface area contributed by atoms with Crippen LogP contribution in [-0.2, 0) is 6.54 Å². The molecule has 1 saturated heterocycles. The molecule has 27 heavy (non-hydrogen) atoms. The van der Waals surface area contributed by atoms with Gasteiger partial charge >= 0.3 is 6.03 Å². The molecule has 0 aromatic heterocycles. The molecule has 2 fully saturated rings. The van der Waals surface area contributed by atoms with Crippen LogP contribution in [-0.4, -0.2) is 73.1 Å². The van der Waals surface area contributed by atoms with E-state index in [0.717, 1.165) is 65.1 Å². The van der Waals surface area contributed by atoms with E-state index in [0.29, 0.717) is 6.04 Å². The molecule has 3 rings (SSSR count). The first-order chi connectivity index (χ1) is 13.2. The molecule has 2 amide bonds. The number of hydrogen-bond acceptors (Lipinski definition) is 3. The third kappa shape index (κ3) is 6.51. The smallest absolute Gasteiger partial charge is 0.317 e. The zero-order chi connectivity index (χ0) is 18.9. The highest BCUT2D eigenvalue weighted by molar-refractivity contribution is 5.74. The summed E-state index contributed by atoms with van der Waals surface area (Å²) in [6, 6.07) is 11.3. The van der Waals surface area contributed by atoms with Crippen LogP contribution in [0.3, 0.4) is 0 Å². The van der Waals surface area contributed by atoms with Crippen LogP contribution in [0, 0.1) is 0 Å². The summed E-state index contributed by atoms with van der Waals surface area (Å²) in [7, 11) is 1.96. The first-order valence-electron chi connectivity index (χ1n) is 10.7. The Morgan fingerprint density at radius 2 is 1.70 bits per heavy atom. The quantitative estimate of drug-likeness (QED) is 0.747. The van der Waals surface area contributed by atoms with Crippen molar-refractivity contribution in [2.24, 2.45) is 0 Å². The number of hydrogen-bond donors (Lipinski definition) is 1. The van der Waals surface area contributed by atoms with Crippen molar-refractivity contribution in [1.29, 1.82) is 0 Å². The van der Waals surface area contributed by atoms with Gasteiger partial charge in [-0.15, -0.1) is 0 Å². The summed E-state index contributed by atoms with van der Waals surface area (Å²) >= 11 is 0. The molecule has 1 aromatic carbocycles. The lowest BCUT2D eigenvalue weighted by molar-refractivity contribution is 0.126. The second kappa shape index (κ2) is 10.7. The monoisotopic (exact) mass is 372 g/mol. The van der Waals surface area contributed by atoms with E-state index in [9.17, 15) is 4.79 Å². The number of urea groups is 1. The number of nitrogens with zero attached hydrogens (tertiary/aromatic N) is 3. The summed E-state index contributed by atoms with van der Waals surface area (Å²) in [6.07, 6.45) is 7.21. The number of benzene rings is 1. The first-order valence-corrected chi connectivity index (χ1v) is 10.7. The van der Waals surface area contributed by atoms with E-state index in [4.69, 9.17) is 0 Å². The molecule has 0 atom stereocenters. The predicted molar refractivity (Wildman–Crippen MR) is 111 cm³/mol. The summed E-state index contributed by atoms with van der Waals surface area (Å²) < 4.78 is 0. The molecule has 0 spiro atoms. The molecule has 2 aliphatic rings. The third-order valence-electron chi connectivity index (χ3n) is 6.08. The molecule has 1 heterocycles. The minimum Gasteiger partial charge on any atom is -0.338 e. The zero-order valence-corrected chi connectivity index (χ0v) is 16.9. The van der Waals surface area contributed by atoms with Crippen LogP contribution >= 0.6 is 0 Å². The average Bonchev–Trinajstić information content (AvgIpc) is 2.73.